The van der Waals surface area contributed by atoms with E-state index in [9.17, 15) is 14.0 Å². The van der Waals surface area contributed by atoms with Gasteiger partial charge in [-0.15, -0.1) is 6.42 Å². The standard InChI is InChI=1S/C19H13FN2O3S/c1-3-10-22-15-9-8-12(18(24)25-2)11-16(15)26-19(22)21-17(23)13-6-4-5-7-14(13)20/h1,4-9,11H,10H2,2H3. The van der Waals surface area contributed by atoms with Crippen LogP contribution >= 0.6 is 11.3 Å². The van der Waals surface area contributed by atoms with E-state index in [-0.39, 0.29) is 12.1 Å². The van der Waals surface area contributed by atoms with Crippen molar-refractivity contribution in [2.24, 2.45) is 4.99 Å². The maximum absolute atomic E-state index is 13.8. The molecule has 0 fully saturated rings. The molecular weight excluding hydrogens is 355 g/mol. The van der Waals surface area contributed by atoms with E-state index in [0.29, 0.717) is 15.1 Å². The Hall–Kier alpha value is -3.24. The van der Waals surface area contributed by atoms with E-state index in [1.54, 1.807) is 28.8 Å². The topological polar surface area (TPSA) is 60.7 Å². The Bertz CT molecular complexity index is 1120. The van der Waals surface area contributed by atoms with Crippen LogP contribution in [0.2, 0.25) is 0 Å². The number of hydrogen-bond donors (Lipinski definition) is 0. The van der Waals surface area contributed by atoms with Crippen molar-refractivity contribution < 1.29 is 18.7 Å². The molecule has 0 aliphatic carbocycles. The Kier molecular flexibility index (Phi) is 4.96. The SMILES string of the molecule is C#CCn1c(=NC(=O)c2ccccc2F)sc2cc(C(=O)OC)ccc21. The summed E-state index contributed by atoms with van der Waals surface area (Å²) in [6.07, 6.45) is 5.42. The average Bonchev–Trinajstić information content (AvgIpc) is 2.98. The van der Waals surface area contributed by atoms with E-state index in [2.05, 4.69) is 10.9 Å². The highest BCUT2D eigenvalue weighted by atomic mass is 32.1. The quantitative estimate of drug-likeness (QED) is 0.527. The summed E-state index contributed by atoms with van der Waals surface area (Å²) in [5.74, 6) is 0.700. The van der Waals surface area contributed by atoms with Crippen molar-refractivity contribution in [1.82, 2.24) is 4.57 Å². The number of fused-ring (bicyclic) bond motifs is 1. The lowest BCUT2D eigenvalue weighted by Crippen LogP contribution is -2.16. The summed E-state index contributed by atoms with van der Waals surface area (Å²) in [4.78, 5) is 28.4. The molecule has 0 saturated carbocycles. The largest absolute Gasteiger partial charge is 0.465 e. The van der Waals surface area contributed by atoms with Crippen molar-refractivity contribution in [3.63, 3.8) is 0 Å². The van der Waals surface area contributed by atoms with E-state index in [1.165, 1.54) is 36.6 Å². The summed E-state index contributed by atoms with van der Waals surface area (Å²) < 4.78 is 20.9. The highest BCUT2D eigenvalue weighted by Gasteiger charge is 2.13. The molecule has 1 heterocycles. The minimum Gasteiger partial charge on any atom is -0.465 e. The summed E-state index contributed by atoms with van der Waals surface area (Å²) in [6, 6.07) is 10.6. The molecule has 1 aromatic heterocycles. The number of carbonyl (C=O) groups excluding carboxylic acids is 2. The van der Waals surface area contributed by atoms with Crippen LogP contribution in [0.1, 0.15) is 20.7 Å². The number of esters is 1. The lowest BCUT2D eigenvalue weighted by molar-refractivity contribution is 0.0600. The predicted molar refractivity (Wildman–Crippen MR) is 96.3 cm³/mol. The summed E-state index contributed by atoms with van der Waals surface area (Å²) in [5, 5.41) is 0. The van der Waals surface area contributed by atoms with Gasteiger partial charge >= 0.3 is 5.97 Å². The number of ether oxygens (including phenoxy) is 1. The smallest absolute Gasteiger partial charge is 0.337 e. The molecule has 0 radical (unpaired) electrons. The number of methoxy groups -OCH3 is 1. The zero-order chi connectivity index (χ0) is 18.7. The zero-order valence-electron chi connectivity index (χ0n) is 13.7. The number of carbonyl (C=O) groups is 2. The van der Waals surface area contributed by atoms with Gasteiger partial charge < -0.3 is 9.30 Å². The summed E-state index contributed by atoms with van der Waals surface area (Å²) in [6.45, 7) is 0.182. The number of nitrogens with zero attached hydrogens (tertiary/aromatic N) is 2. The molecule has 0 aliphatic heterocycles. The number of hydrogen-bond acceptors (Lipinski definition) is 4. The van der Waals surface area contributed by atoms with Crippen LogP contribution in [-0.2, 0) is 11.3 Å². The number of rotatable bonds is 3. The van der Waals surface area contributed by atoms with Gasteiger partial charge in [-0.1, -0.05) is 29.4 Å². The van der Waals surface area contributed by atoms with Crippen LogP contribution < -0.4 is 4.80 Å². The number of amides is 1. The molecule has 3 aromatic rings. The molecule has 0 N–H and O–H groups in total. The van der Waals surface area contributed by atoms with E-state index in [0.717, 1.165) is 5.52 Å². The van der Waals surface area contributed by atoms with Gasteiger partial charge in [-0.05, 0) is 30.3 Å². The van der Waals surface area contributed by atoms with Crippen molar-refractivity contribution in [2.75, 3.05) is 7.11 Å². The second-order valence-electron chi connectivity index (χ2n) is 5.25. The van der Waals surface area contributed by atoms with Gasteiger partial charge in [0.1, 0.15) is 5.82 Å². The molecule has 0 saturated heterocycles. The number of benzene rings is 2. The second kappa shape index (κ2) is 7.33. The van der Waals surface area contributed by atoms with Gasteiger partial charge in [0.2, 0.25) is 0 Å². The predicted octanol–water partition coefficient (Wildman–Crippen LogP) is 3.00. The van der Waals surface area contributed by atoms with E-state index in [1.807, 2.05) is 0 Å². The number of aromatic nitrogens is 1. The molecule has 0 unspecified atom stereocenters. The van der Waals surface area contributed by atoms with E-state index >= 15 is 0 Å². The van der Waals surface area contributed by atoms with Crippen LogP contribution in [-0.4, -0.2) is 23.6 Å². The molecule has 3 rings (SSSR count). The summed E-state index contributed by atoms with van der Waals surface area (Å²) >= 11 is 1.18. The third-order valence-electron chi connectivity index (χ3n) is 3.65. The molecule has 5 nitrogen and oxygen atoms in total. The molecule has 26 heavy (non-hydrogen) atoms. The summed E-state index contributed by atoms with van der Waals surface area (Å²) in [5.41, 5.74) is 0.981. The molecule has 0 spiro atoms. The van der Waals surface area contributed by atoms with Crippen molar-refractivity contribution in [1.29, 1.82) is 0 Å². The van der Waals surface area contributed by atoms with Crippen molar-refractivity contribution in [3.8, 4) is 12.3 Å². The fraction of sp³-hybridized carbons (Fsp3) is 0.105. The lowest BCUT2D eigenvalue weighted by Gasteiger charge is -2.02. The fourth-order valence-corrected chi connectivity index (χ4v) is 3.50. The molecule has 2 aromatic carbocycles. The molecular formula is C19H13FN2O3S. The Labute approximate surface area is 152 Å². The average molecular weight is 368 g/mol. The Morgan fingerprint density at radius 1 is 1.31 bits per heavy atom. The fourth-order valence-electron chi connectivity index (χ4n) is 2.43. The minimum absolute atomic E-state index is 0.118. The molecule has 1 amide bonds. The van der Waals surface area contributed by atoms with Gasteiger partial charge in [0, 0.05) is 0 Å². The van der Waals surface area contributed by atoms with Crippen molar-refractivity contribution >= 4 is 33.4 Å². The Morgan fingerprint density at radius 2 is 2.08 bits per heavy atom. The van der Waals surface area contributed by atoms with Crippen LogP contribution in [0, 0.1) is 18.2 Å². The second-order valence-corrected chi connectivity index (χ2v) is 6.25. The normalized spacial score (nSPS) is 11.3. The van der Waals surface area contributed by atoms with Crippen molar-refractivity contribution in [2.45, 2.75) is 6.54 Å². The van der Waals surface area contributed by atoms with E-state index < -0.39 is 17.7 Å². The van der Waals surface area contributed by atoms with Crippen LogP contribution in [0.3, 0.4) is 0 Å². The van der Waals surface area contributed by atoms with Crippen LogP contribution in [0.15, 0.2) is 47.5 Å². The Morgan fingerprint density at radius 3 is 2.77 bits per heavy atom. The van der Waals surface area contributed by atoms with Crippen LogP contribution in [0.25, 0.3) is 10.2 Å². The van der Waals surface area contributed by atoms with Gasteiger partial charge in [0.15, 0.2) is 4.80 Å². The molecule has 0 atom stereocenters. The third-order valence-corrected chi connectivity index (χ3v) is 4.70. The van der Waals surface area contributed by atoms with Gasteiger partial charge in [-0.2, -0.15) is 4.99 Å². The first-order chi connectivity index (χ1) is 12.5. The third kappa shape index (κ3) is 3.27. The van der Waals surface area contributed by atoms with Crippen molar-refractivity contribution in [3.05, 3.63) is 64.2 Å². The van der Waals surface area contributed by atoms with Crippen LogP contribution in [0.4, 0.5) is 4.39 Å². The van der Waals surface area contributed by atoms with Gasteiger partial charge in [-0.25, -0.2) is 9.18 Å². The molecule has 0 bridgehead atoms. The van der Waals surface area contributed by atoms with Gasteiger partial charge in [0.05, 0.1) is 35.0 Å². The van der Waals surface area contributed by atoms with E-state index in [4.69, 9.17) is 11.2 Å². The van der Waals surface area contributed by atoms with Gasteiger partial charge in [-0.3, -0.25) is 4.79 Å². The first-order valence-corrected chi connectivity index (χ1v) is 8.35. The number of thiazole rings is 1. The number of terminal acetylenes is 1. The minimum atomic E-state index is -0.700. The molecule has 130 valence electrons. The Balaban J connectivity index is 2.17. The van der Waals surface area contributed by atoms with Gasteiger partial charge in [0.25, 0.3) is 5.91 Å². The summed E-state index contributed by atoms with van der Waals surface area (Å²) in [7, 11) is 1.30. The first-order valence-electron chi connectivity index (χ1n) is 7.54. The first kappa shape index (κ1) is 17.6. The zero-order valence-corrected chi connectivity index (χ0v) is 14.5. The molecule has 0 aliphatic rings. The highest BCUT2D eigenvalue weighted by molar-refractivity contribution is 7.16. The maximum Gasteiger partial charge on any atom is 0.337 e. The highest BCUT2D eigenvalue weighted by Crippen LogP contribution is 2.20. The van der Waals surface area contributed by atoms with Crippen LogP contribution in [0.5, 0.6) is 0 Å². The maximum atomic E-state index is 13.8. The molecule has 7 heteroatoms. The lowest BCUT2D eigenvalue weighted by atomic mass is 10.2. The monoisotopic (exact) mass is 368 g/mol. The number of halogens is 1.